The van der Waals surface area contributed by atoms with E-state index in [2.05, 4.69) is 26.8 Å². The second kappa shape index (κ2) is 10.5. The van der Waals surface area contributed by atoms with Crippen LogP contribution in [-0.2, 0) is 0 Å². The summed E-state index contributed by atoms with van der Waals surface area (Å²) in [4.78, 5) is 0. The van der Waals surface area contributed by atoms with Gasteiger partial charge in [0.2, 0.25) is 0 Å². The highest BCUT2D eigenvalue weighted by Crippen LogP contribution is 2.25. The Labute approximate surface area is 128 Å². The summed E-state index contributed by atoms with van der Waals surface area (Å²) < 4.78 is 0. The van der Waals surface area contributed by atoms with Gasteiger partial charge in [0.1, 0.15) is 0 Å². The van der Waals surface area contributed by atoms with Crippen molar-refractivity contribution in [3.63, 3.8) is 0 Å². The summed E-state index contributed by atoms with van der Waals surface area (Å²) in [5.41, 5.74) is 2.10. The van der Waals surface area contributed by atoms with Crippen molar-refractivity contribution in [2.75, 3.05) is 0 Å². The van der Waals surface area contributed by atoms with E-state index in [0.717, 1.165) is 0 Å². The lowest BCUT2D eigenvalue weighted by Crippen LogP contribution is -2.02. The van der Waals surface area contributed by atoms with Crippen LogP contribution in [-0.4, -0.2) is 0 Å². The molecule has 118 valence electrons. The van der Waals surface area contributed by atoms with Crippen molar-refractivity contribution in [2.24, 2.45) is 5.41 Å². The van der Waals surface area contributed by atoms with Gasteiger partial charge in [-0.2, -0.15) is 0 Å². The van der Waals surface area contributed by atoms with Crippen molar-refractivity contribution in [2.45, 2.75) is 111 Å². The van der Waals surface area contributed by atoms with E-state index in [1.54, 1.807) is 5.57 Å². The van der Waals surface area contributed by atoms with Crippen LogP contribution in [0, 0.1) is 5.41 Å². The van der Waals surface area contributed by atoms with E-state index in [9.17, 15) is 0 Å². The van der Waals surface area contributed by atoms with Gasteiger partial charge in [0, 0.05) is 0 Å². The first kappa shape index (κ1) is 17.8. The average Bonchev–Trinajstić information content (AvgIpc) is 2.37. The van der Waals surface area contributed by atoms with Gasteiger partial charge in [-0.3, -0.25) is 0 Å². The minimum atomic E-state index is 0.359. The molecule has 1 aliphatic carbocycles. The van der Waals surface area contributed by atoms with Gasteiger partial charge in [-0.15, -0.1) is 0 Å². The third-order valence-electron chi connectivity index (χ3n) is 4.38. The molecule has 0 bridgehead atoms. The lowest BCUT2D eigenvalue weighted by Gasteiger charge is -2.17. The monoisotopic (exact) mass is 278 g/mol. The van der Waals surface area contributed by atoms with E-state index in [1.165, 1.54) is 89.9 Å². The number of rotatable bonds is 0. The Morgan fingerprint density at radius 1 is 0.550 bits per heavy atom. The largest absolute Gasteiger partial charge is 0.0799 e. The van der Waals surface area contributed by atoms with Crippen molar-refractivity contribution < 1.29 is 0 Å². The molecule has 0 atom stereocenters. The minimum absolute atomic E-state index is 0.359. The van der Waals surface area contributed by atoms with Gasteiger partial charge in [0.25, 0.3) is 0 Å². The van der Waals surface area contributed by atoms with E-state index >= 15 is 0 Å². The molecule has 20 heavy (non-hydrogen) atoms. The maximum Gasteiger partial charge on any atom is -0.0200 e. The maximum atomic E-state index is 2.56. The van der Waals surface area contributed by atoms with Crippen LogP contribution < -0.4 is 0 Å². The molecule has 0 N–H and O–H groups in total. The van der Waals surface area contributed by atoms with Crippen LogP contribution >= 0.6 is 0 Å². The van der Waals surface area contributed by atoms with Crippen molar-refractivity contribution in [1.82, 2.24) is 0 Å². The van der Waals surface area contributed by atoms with Gasteiger partial charge in [-0.1, -0.05) is 96.6 Å². The standard InChI is InChI=1S/C20H38/c1-20(2,3)18-19-16-14-12-10-8-6-4-5-7-9-11-13-15-17-19/h18H,4-17H2,1-3H3. The Bertz CT molecular complexity index is 236. The minimum Gasteiger partial charge on any atom is -0.0799 e. The Balaban J connectivity index is 2.42. The molecule has 0 radical (unpaired) electrons. The highest BCUT2D eigenvalue weighted by molar-refractivity contribution is 5.07. The molecule has 0 saturated heterocycles. The quantitative estimate of drug-likeness (QED) is 0.404. The van der Waals surface area contributed by atoms with E-state index < -0.39 is 0 Å². The molecule has 1 aliphatic rings. The first-order valence-corrected chi connectivity index (χ1v) is 9.28. The zero-order valence-corrected chi connectivity index (χ0v) is 14.5. The predicted octanol–water partition coefficient (Wildman–Crippen LogP) is 7.43. The Morgan fingerprint density at radius 2 is 0.850 bits per heavy atom. The average molecular weight is 279 g/mol. The zero-order chi connectivity index (χ0) is 14.7. The molecule has 0 amide bonds. The normalized spacial score (nSPS) is 21.9. The van der Waals surface area contributed by atoms with Crippen LogP contribution in [0.15, 0.2) is 11.6 Å². The number of allylic oxidation sites excluding steroid dienone is 2. The molecule has 1 saturated carbocycles. The van der Waals surface area contributed by atoms with Gasteiger partial charge in [-0.25, -0.2) is 0 Å². The molecule has 0 aliphatic heterocycles. The molecule has 0 heteroatoms. The second-order valence-electron chi connectivity index (χ2n) is 7.91. The topological polar surface area (TPSA) is 0 Å². The third-order valence-corrected chi connectivity index (χ3v) is 4.38. The summed E-state index contributed by atoms with van der Waals surface area (Å²) >= 11 is 0. The fourth-order valence-electron chi connectivity index (χ4n) is 3.35. The SMILES string of the molecule is CC(C)(C)C=C1CCCCCCCCCCCCCC1. The maximum absolute atomic E-state index is 2.56. The van der Waals surface area contributed by atoms with Crippen molar-refractivity contribution >= 4 is 0 Å². The van der Waals surface area contributed by atoms with Crippen LogP contribution in [0.2, 0.25) is 0 Å². The summed E-state index contributed by atoms with van der Waals surface area (Å²) in [7, 11) is 0. The smallest absolute Gasteiger partial charge is 0.0200 e. The Morgan fingerprint density at radius 3 is 1.15 bits per heavy atom. The van der Waals surface area contributed by atoms with Gasteiger partial charge in [0.15, 0.2) is 0 Å². The lowest BCUT2D eigenvalue weighted by molar-refractivity contribution is 0.526. The van der Waals surface area contributed by atoms with Crippen molar-refractivity contribution in [3.05, 3.63) is 11.6 Å². The molecule has 0 aromatic rings. The highest BCUT2D eigenvalue weighted by Gasteiger charge is 2.09. The molecule has 0 spiro atoms. The van der Waals surface area contributed by atoms with Gasteiger partial charge in [0.05, 0.1) is 0 Å². The van der Waals surface area contributed by atoms with E-state index in [-0.39, 0.29) is 0 Å². The molecular weight excluding hydrogens is 240 g/mol. The van der Waals surface area contributed by atoms with Crippen LogP contribution in [0.4, 0.5) is 0 Å². The number of hydrogen-bond acceptors (Lipinski definition) is 0. The van der Waals surface area contributed by atoms with Crippen molar-refractivity contribution in [1.29, 1.82) is 0 Å². The fourth-order valence-corrected chi connectivity index (χ4v) is 3.35. The highest BCUT2D eigenvalue weighted by atomic mass is 14.1. The molecule has 1 fully saturated rings. The van der Waals surface area contributed by atoms with Crippen LogP contribution in [0.5, 0.6) is 0 Å². The summed E-state index contributed by atoms with van der Waals surface area (Å²) in [5.74, 6) is 0. The molecular formula is C20H38. The number of hydrogen-bond donors (Lipinski definition) is 0. The Kier molecular flexibility index (Phi) is 9.31. The second-order valence-corrected chi connectivity index (χ2v) is 7.91. The molecule has 0 unspecified atom stereocenters. The summed E-state index contributed by atoms with van der Waals surface area (Å²) in [6, 6.07) is 0. The van der Waals surface area contributed by atoms with Crippen molar-refractivity contribution in [3.8, 4) is 0 Å². The molecule has 0 aromatic heterocycles. The van der Waals surface area contributed by atoms with E-state index in [1.807, 2.05) is 0 Å². The molecule has 0 aromatic carbocycles. The molecule has 0 heterocycles. The third kappa shape index (κ3) is 10.5. The molecule has 0 nitrogen and oxygen atoms in total. The molecule has 1 rings (SSSR count). The fraction of sp³-hybridized carbons (Fsp3) is 0.900. The first-order chi connectivity index (χ1) is 9.58. The lowest BCUT2D eigenvalue weighted by atomic mass is 9.89. The summed E-state index contributed by atoms with van der Waals surface area (Å²) in [5, 5.41) is 0. The summed E-state index contributed by atoms with van der Waals surface area (Å²) in [6.07, 6.45) is 22.8. The summed E-state index contributed by atoms with van der Waals surface area (Å²) in [6.45, 7) is 7.03. The van der Waals surface area contributed by atoms with Gasteiger partial charge < -0.3 is 0 Å². The van der Waals surface area contributed by atoms with Crippen LogP contribution in [0.25, 0.3) is 0 Å². The zero-order valence-electron chi connectivity index (χ0n) is 14.5. The van der Waals surface area contributed by atoms with Gasteiger partial charge >= 0.3 is 0 Å². The predicted molar refractivity (Wildman–Crippen MR) is 92.2 cm³/mol. The van der Waals surface area contributed by atoms with E-state index in [4.69, 9.17) is 0 Å². The Hall–Kier alpha value is -0.260. The van der Waals surface area contributed by atoms with E-state index in [0.29, 0.717) is 5.41 Å². The van der Waals surface area contributed by atoms with Gasteiger partial charge in [-0.05, 0) is 31.1 Å². The van der Waals surface area contributed by atoms with Crippen LogP contribution in [0.1, 0.15) is 111 Å². The van der Waals surface area contributed by atoms with Crippen LogP contribution in [0.3, 0.4) is 0 Å². The first-order valence-electron chi connectivity index (χ1n) is 9.28.